The van der Waals surface area contributed by atoms with Crippen molar-refractivity contribution in [1.82, 2.24) is 0 Å². The zero-order chi connectivity index (χ0) is 29.9. The van der Waals surface area contributed by atoms with E-state index in [1.54, 1.807) is 0 Å². The molecule has 43 heavy (non-hydrogen) atoms. The molecule has 0 heterocycles. The first kappa shape index (κ1) is 31.1. The topological polar surface area (TPSA) is 63.2 Å². The third-order valence-corrected chi connectivity index (χ3v) is 8.41. The molecule has 0 unspecified atom stereocenters. The number of ether oxygens (including phenoxy) is 5. The number of halogens is 1. The van der Waals surface area contributed by atoms with E-state index >= 15 is 0 Å². The zero-order valence-electron chi connectivity index (χ0n) is 24.2. The molecule has 0 N–H and O–H groups in total. The summed E-state index contributed by atoms with van der Waals surface area (Å²) >= 11 is 3.86. The second-order valence-corrected chi connectivity index (χ2v) is 11.6. The lowest BCUT2D eigenvalue weighted by Crippen LogP contribution is -2.65. The van der Waals surface area contributed by atoms with E-state index in [0.29, 0.717) is 26.4 Å². The normalized spacial score (nSPS) is 23.5. The van der Waals surface area contributed by atoms with Crippen molar-refractivity contribution >= 4 is 21.9 Å². The van der Waals surface area contributed by atoms with Gasteiger partial charge < -0.3 is 23.7 Å². The zero-order valence-corrected chi connectivity index (χ0v) is 25.8. The Morgan fingerprint density at radius 2 is 0.767 bits per heavy atom. The molecule has 0 aliphatic heterocycles. The Kier molecular flexibility index (Phi) is 11.5. The number of rotatable bonds is 13. The third-order valence-electron chi connectivity index (χ3n) is 7.37. The summed E-state index contributed by atoms with van der Waals surface area (Å²) < 4.78 is 32.5. The average Bonchev–Trinajstić information content (AvgIpc) is 3.05. The number of alkyl halides is 1. The van der Waals surface area contributed by atoms with E-state index in [0.717, 1.165) is 22.3 Å². The van der Waals surface area contributed by atoms with Crippen LogP contribution >= 0.6 is 15.9 Å². The van der Waals surface area contributed by atoms with E-state index in [1.807, 2.05) is 121 Å². The quantitative estimate of drug-likeness (QED) is 0.115. The first-order chi connectivity index (χ1) is 21.1. The number of esters is 1. The molecule has 224 valence electrons. The lowest BCUT2D eigenvalue weighted by molar-refractivity contribution is -0.242. The summed E-state index contributed by atoms with van der Waals surface area (Å²) in [4.78, 5) is 12.0. The van der Waals surface area contributed by atoms with Gasteiger partial charge in [-0.2, -0.15) is 0 Å². The molecule has 0 spiro atoms. The van der Waals surface area contributed by atoms with E-state index in [-0.39, 0.29) is 0 Å². The molecule has 4 aromatic carbocycles. The van der Waals surface area contributed by atoms with Crippen LogP contribution in [0.4, 0.5) is 0 Å². The number of hydrogen-bond acceptors (Lipinski definition) is 6. The molecule has 1 aliphatic carbocycles. The highest BCUT2D eigenvalue weighted by molar-refractivity contribution is 9.09. The molecule has 1 aliphatic rings. The highest BCUT2D eigenvalue weighted by Crippen LogP contribution is 2.37. The van der Waals surface area contributed by atoms with Gasteiger partial charge in [0.1, 0.15) is 30.5 Å². The summed E-state index contributed by atoms with van der Waals surface area (Å²) in [6.07, 6.45) is -3.03. The fourth-order valence-corrected chi connectivity index (χ4v) is 6.12. The van der Waals surface area contributed by atoms with Gasteiger partial charge in [0.25, 0.3) is 0 Å². The Hall–Kier alpha value is -3.33. The van der Waals surface area contributed by atoms with Gasteiger partial charge in [0.05, 0.1) is 31.3 Å². The molecule has 5 rings (SSSR count). The summed E-state index contributed by atoms with van der Waals surface area (Å²) in [6.45, 7) is 2.76. The van der Waals surface area contributed by atoms with E-state index in [9.17, 15) is 4.79 Å². The van der Waals surface area contributed by atoms with Crippen molar-refractivity contribution < 1.29 is 28.5 Å². The predicted octanol–water partition coefficient (Wildman–Crippen LogP) is 7.04. The van der Waals surface area contributed by atoms with Crippen LogP contribution in [-0.2, 0) is 54.9 Å². The smallest absolute Gasteiger partial charge is 0.303 e. The minimum Gasteiger partial charge on any atom is -0.458 e. The fourth-order valence-electron chi connectivity index (χ4n) is 5.26. The summed E-state index contributed by atoms with van der Waals surface area (Å²) in [7, 11) is 0. The van der Waals surface area contributed by atoms with Crippen LogP contribution in [0.25, 0.3) is 0 Å². The number of hydrogen-bond donors (Lipinski definition) is 0. The number of benzene rings is 4. The van der Waals surface area contributed by atoms with Gasteiger partial charge in [-0.25, -0.2) is 0 Å². The minimum atomic E-state index is -0.695. The molecule has 1 fully saturated rings. The predicted molar refractivity (Wildman–Crippen MR) is 168 cm³/mol. The Labute approximate surface area is 262 Å². The van der Waals surface area contributed by atoms with Crippen molar-refractivity contribution in [1.29, 1.82) is 0 Å². The maximum Gasteiger partial charge on any atom is 0.303 e. The van der Waals surface area contributed by atoms with Gasteiger partial charge in [0.2, 0.25) is 0 Å². The van der Waals surface area contributed by atoms with Crippen LogP contribution in [0, 0.1) is 0 Å². The van der Waals surface area contributed by atoms with Gasteiger partial charge in [-0.05, 0) is 22.3 Å². The lowest BCUT2D eigenvalue weighted by atomic mass is 9.86. The monoisotopic (exact) mass is 644 g/mol. The summed E-state index contributed by atoms with van der Waals surface area (Å²) in [5, 5.41) is 0. The Morgan fingerprint density at radius 3 is 1.09 bits per heavy atom. The van der Waals surface area contributed by atoms with Gasteiger partial charge in [0.15, 0.2) is 0 Å². The van der Waals surface area contributed by atoms with Crippen LogP contribution < -0.4 is 0 Å². The van der Waals surface area contributed by atoms with Gasteiger partial charge in [-0.3, -0.25) is 4.79 Å². The Morgan fingerprint density at radius 1 is 0.488 bits per heavy atom. The molecule has 0 radical (unpaired) electrons. The molecular weight excluding hydrogens is 608 g/mol. The SMILES string of the molecule is CC(=O)O[C@H]1[C@H](Br)[C@H](OCc2ccccc2)[C@@H](OCc2ccccc2)[C@H](OCc2ccccc2)[C@H]1OCc1ccccc1. The summed E-state index contributed by atoms with van der Waals surface area (Å²) in [5.41, 5.74) is 4.07. The molecule has 6 atom stereocenters. The van der Waals surface area contributed by atoms with E-state index < -0.39 is 41.3 Å². The summed E-state index contributed by atoms with van der Waals surface area (Å²) in [6, 6.07) is 39.9. The van der Waals surface area contributed by atoms with Crippen LogP contribution in [0.1, 0.15) is 29.2 Å². The largest absolute Gasteiger partial charge is 0.458 e. The van der Waals surface area contributed by atoms with Crippen molar-refractivity contribution in [3.05, 3.63) is 144 Å². The van der Waals surface area contributed by atoms with E-state index in [2.05, 4.69) is 15.9 Å². The van der Waals surface area contributed by atoms with Crippen LogP contribution in [-0.4, -0.2) is 41.3 Å². The second-order valence-electron chi connectivity index (χ2n) is 10.6. The minimum absolute atomic E-state index is 0.315. The third kappa shape index (κ3) is 8.85. The highest BCUT2D eigenvalue weighted by atomic mass is 79.9. The van der Waals surface area contributed by atoms with Crippen molar-refractivity contribution in [3.63, 3.8) is 0 Å². The van der Waals surface area contributed by atoms with E-state index in [4.69, 9.17) is 23.7 Å². The van der Waals surface area contributed by atoms with Crippen LogP contribution in [0.5, 0.6) is 0 Å². The molecule has 0 aromatic heterocycles. The Balaban J connectivity index is 1.49. The molecule has 1 saturated carbocycles. The van der Waals surface area contributed by atoms with Crippen molar-refractivity contribution in [2.45, 2.75) is 68.7 Å². The highest BCUT2D eigenvalue weighted by Gasteiger charge is 2.54. The molecule has 0 bridgehead atoms. The second kappa shape index (κ2) is 15.9. The first-order valence-electron chi connectivity index (χ1n) is 14.5. The maximum absolute atomic E-state index is 12.4. The number of carbonyl (C=O) groups is 1. The molecule has 7 heteroatoms. The Bertz CT molecular complexity index is 1370. The van der Waals surface area contributed by atoms with Gasteiger partial charge >= 0.3 is 5.97 Å². The molecule has 6 nitrogen and oxygen atoms in total. The maximum atomic E-state index is 12.4. The van der Waals surface area contributed by atoms with Crippen molar-refractivity contribution in [2.24, 2.45) is 0 Å². The lowest BCUT2D eigenvalue weighted by Gasteiger charge is -2.48. The van der Waals surface area contributed by atoms with Gasteiger partial charge in [0, 0.05) is 6.92 Å². The van der Waals surface area contributed by atoms with Crippen LogP contribution in [0.15, 0.2) is 121 Å². The fraction of sp³-hybridized carbons (Fsp3) is 0.306. The van der Waals surface area contributed by atoms with Gasteiger partial charge in [-0.15, -0.1) is 0 Å². The van der Waals surface area contributed by atoms with Crippen molar-refractivity contribution in [3.8, 4) is 0 Å². The first-order valence-corrected chi connectivity index (χ1v) is 15.4. The van der Waals surface area contributed by atoms with Crippen LogP contribution in [0.2, 0.25) is 0 Å². The van der Waals surface area contributed by atoms with Crippen LogP contribution in [0.3, 0.4) is 0 Å². The van der Waals surface area contributed by atoms with Gasteiger partial charge in [-0.1, -0.05) is 137 Å². The number of carbonyl (C=O) groups excluding carboxylic acids is 1. The van der Waals surface area contributed by atoms with E-state index in [1.165, 1.54) is 6.92 Å². The molecule has 4 aromatic rings. The molecular formula is C36H37BrO6. The standard InChI is InChI=1S/C36H37BrO6/c1-26(38)43-33-31(37)32(39-22-27-14-6-2-7-15-27)34(40-23-28-16-8-3-9-17-28)36(42-25-30-20-12-5-13-21-30)35(33)41-24-29-18-10-4-11-19-29/h2-21,31-36H,22-25H2,1H3/t31-,32+,33+,34-,35+,36+/m1/s1. The molecule has 0 saturated heterocycles. The summed E-state index contributed by atoms with van der Waals surface area (Å²) in [5.74, 6) is -0.407. The van der Waals surface area contributed by atoms with Crippen molar-refractivity contribution in [2.75, 3.05) is 0 Å². The molecule has 0 amide bonds. The average molecular weight is 646 g/mol.